The van der Waals surface area contributed by atoms with E-state index in [4.69, 9.17) is 16.9 Å². The van der Waals surface area contributed by atoms with E-state index >= 15 is 0 Å². The normalized spacial score (nSPS) is 11.6. The maximum Gasteiger partial charge on any atom is 0.309 e. The minimum Gasteiger partial charge on any atom is -0.205 e. The molecule has 2 rings (SSSR count). The molecule has 21 heavy (non-hydrogen) atoms. The second kappa shape index (κ2) is 5.48. The molecule has 110 valence electrons. The number of nitrogens with zero attached hydrogens (tertiary/aromatic N) is 4. The fourth-order valence-corrected chi connectivity index (χ4v) is 3.26. The number of imidazole rings is 1. The predicted molar refractivity (Wildman–Crippen MR) is 80.1 cm³/mol. The number of nitriles is 1. The van der Waals surface area contributed by atoms with Crippen molar-refractivity contribution in [1.29, 1.82) is 5.26 Å². The standard InChI is InChI=1S/C13H13ClN4O2S/c1-9-6-4-5-7-10(9)12-13(14)16-11(8-15)18(12)21(19,20)17(2)3/h4-7H,1-3H3. The highest BCUT2D eigenvalue weighted by molar-refractivity contribution is 7.87. The van der Waals surface area contributed by atoms with Crippen molar-refractivity contribution < 1.29 is 8.42 Å². The van der Waals surface area contributed by atoms with Crippen LogP contribution in [0.5, 0.6) is 0 Å². The lowest BCUT2D eigenvalue weighted by Crippen LogP contribution is -2.30. The number of halogens is 1. The molecule has 0 aliphatic heterocycles. The Hall–Kier alpha value is -1.88. The van der Waals surface area contributed by atoms with Crippen molar-refractivity contribution in [2.24, 2.45) is 0 Å². The molecule has 0 unspecified atom stereocenters. The zero-order valence-corrected chi connectivity index (χ0v) is 13.3. The van der Waals surface area contributed by atoms with Gasteiger partial charge < -0.3 is 0 Å². The third-order valence-electron chi connectivity index (χ3n) is 2.99. The Morgan fingerprint density at radius 3 is 2.48 bits per heavy atom. The first-order valence-corrected chi connectivity index (χ1v) is 7.75. The minimum atomic E-state index is -3.91. The van der Waals surface area contributed by atoms with Gasteiger partial charge in [0, 0.05) is 19.7 Å². The van der Waals surface area contributed by atoms with Gasteiger partial charge in [0.1, 0.15) is 11.8 Å². The van der Waals surface area contributed by atoms with Gasteiger partial charge in [-0.3, -0.25) is 0 Å². The molecule has 0 atom stereocenters. The van der Waals surface area contributed by atoms with Crippen LogP contribution in [0.4, 0.5) is 0 Å². The molecule has 0 saturated heterocycles. The van der Waals surface area contributed by atoms with Gasteiger partial charge in [0.2, 0.25) is 5.82 Å². The van der Waals surface area contributed by atoms with Crippen molar-refractivity contribution in [1.82, 2.24) is 13.3 Å². The van der Waals surface area contributed by atoms with Gasteiger partial charge in [-0.15, -0.1) is 0 Å². The van der Waals surface area contributed by atoms with E-state index in [-0.39, 0.29) is 16.7 Å². The smallest absolute Gasteiger partial charge is 0.205 e. The Morgan fingerprint density at radius 1 is 1.33 bits per heavy atom. The Bertz CT molecular complexity index is 834. The molecule has 0 fully saturated rings. The molecule has 0 aliphatic carbocycles. The molecule has 0 amide bonds. The summed E-state index contributed by atoms with van der Waals surface area (Å²) in [6.07, 6.45) is 0. The maximum atomic E-state index is 12.5. The molecule has 6 nitrogen and oxygen atoms in total. The van der Waals surface area contributed by atoms with Gasteiger partial charge in [-0.05, 0) is 12.5 Å². The average Bonchev–Trinajstić information content (AvgIpc) is 2.76. The molecule has 0 radical (unpaired) electrons. The predicted octanol–water partition coefficient (Wildman–Crippen LogP) is 2.04. The fourth-order valence-electron chi connectivity index (χ4n) is 1.90. The van der Waals surface area contributed by atoms with E-state index in [0.29, 0.717) is 5.56 Å². The molecule has 1 aromatic carbocycles. The van der Waals surface area contributed by atoms with Crippen molar-refractivity contribution in [3.63, 3.8) is 0 Å². The molecule has 1 aromatic heterocycles. The van der Waals surface area contributed by atoms with Crippen LogP contribution in [0, 0.1) is 18.3 Å². The topological polar surface area (TPSA) is 79.0 Å². The first-order chi connectivity index (χ1) is 9.80. The van der Waals surface area contributed by atoms with E-state index in [2.05, 4.69) is 4.98 Å². The van der Waals surface area contributed by atoms with Crippen LogP contribution in [0.25, 0.3) is 11.3 Å². The summed E-state index contributed by atoms with van der Waals surface area (Å²) < 4.78 is 26.8. The Morgan fingerprint density at radius 2 is 1.95 bits per heavy atom. The van der Waals surface area contributed by atoms with Crippen LogP contribution >= 0.6 is 11.6 Å². The highest BCUT2D eigenvalue weighted by Crippen LogP contribution is 2.32. The lowest BCUT2D eigenvalue weighted by molar-refractivity contribution is 0.510. The van der Waals surface area contributed by atoms with Crippen LogP contribution in [0.2, 0.25) is 5.15 Å². The summed E-state index contributed by atoms with van der Waals surface area (Å²) in [6, 6.07) is 8.94. The Balaban J connectivity index is 2.90. The maximum absolute atomic E-state index is 12.5. The second-order valence-electron chi connectivity index (χ2n) is 4.56. The van der Waals surface area contributed by atoms with Crippen LogP contribution in [0.15, 0.2) is 24.3 Å². The Kier molecular flexibility index (Phi) is 4.05. The van der Waals surface area contributed by atoms with Crippen molar-refractivity contribution in [2.75, 3.05) is 14.1 Å². The van der Waals surface area contributed by atoms with Gasteiger partial charge in [0.05, 0.1) is 0 Å². The van der Waals surface area contributed by atoms with Crippen molar-refractivity contribution >= 4 is 21.8 Å². The zero-order valence-electron chi connectivity index (χ0n) is 11.7. The van der Waals surface area contributed by atoms with Crippen LogP contribution in [0.1, 0.15) is 11.4 Å². The van der Waals surface area contributed by atoms with Gasteiger partial charge in [-0.1, -0.05) is 35.9 Å². The van der Waals surface area contributed by atoms with E-state index in [1.165, 1.54) is 14.1 Å². The highest BCUT2D eigenvalue weighted by atomic mass is 35.5. The summed E-state index contributed by atoms with van der Waals surface area (Å²) in [5, 5.41) is 9.12. The van der Waals surface area contributed by atoms with Crippen molar-refractivity contribution in [3.8, 4) is 17.3 Å². The molecule has 0 aliphatic rings. The monoisotopic (exact) mass is 324 g/mol. The number of aryl methyl sites for hydroxylation is 1. The first kappa shape index (κ1) is 15.5. The third-order valence-corrected chi connectivity index (χ3v) is 4.99. The zero-order chi connectivity index (χ0) is 15.8. The number of aromatic nitrogens is 2. The fraction of sp³-hybridized carbons (Fsp3) is 0.231. The van der Waals surface area contributed by atoms with E-state index in [1.54, 1.807) is 18.2 Å². The van der Waals surface area contributed by atoms with Crippen LogP contribution in [-0.4, -0.2) is 35.8 Å². The highest BCUT2D eigenvalue weighted by Gasteiger charge is 2.28. The third kappa shape index (κ3) is 2.53. The minimum absolute atomic E-state index is 0.0220. The van der Waals surface area contributed by atoms with E-state index in [0.717, 1.165) is 13.8 Å². The number of rotatable bonds is 3. The van der Waals surface area contributed by atoms with Gasteiger partial charge >= 0.3 is 10.2 Å². The lowest BCUT2D eigenvalue weighted by atomic mass is 10.1. The number of benzene rings is 1. The summed E-state index contributed by atoms with van der Waals surface area (Å²) in [5.74, 6) is -0.271. The SMILES string of the molecule is Cc1ccccc1-c1c(Cl)nc(C#N)n1S(=O)(=O)N(C)C. The van der Waals surface area contributed by atoms with Crippen LogP contribution < -0.4 is 0 Å². The van der Waals surface area contributed by atoms with E-state index in [9.17, 15) is 8.42 Å². The van der Waals surface area contributed by atoms with Gasteiger partial charge in [-0.25, -0.2) is 4.98 Å². The van der Waals surface area contributed by atoms with Crippen molar-refractivity contribution in [2.45, 2.75) is 6.92 Å². The summed E-state index contributed by atoms with van der Waals surface area (Å²) in [6.45, 7) is 1.83. The molecule has 8 heteroatoms. The van der Waals surface area contributed by atoms with Crippen LogP contribution in [0.3, 0.4) is 0 Å². The molecular weight excluding hydrogens is 312 g/mol. The van der Waals surface area contributed by atoms with E-state index in [1.807, 2.05) is 19.1 Å². The summed E-state index contributed by atoms with van der Waals surface area (Å²) >= 11 is 6.08. The van der Waals surface area contributed by atoms with Gasteiger partial charge in [0.25, 0.3) is 0 Å². The average molecular weight is 325 g/mol. The number of hydrogen-bond donors (Lipinski definition) is 0. The largest absolute Gasteiger partial charge is 0.309 e. The summed E-state index contributed by atoms with van der Waals surface area (Å²) in [7, 11) is -1.15. The summed E-state index contributed by atoms with van der Waals surface area (Å²) in [4.78, 5) is 3.86. The number of hydrogen-bond acceptors (Lipinski definition) is 4. The van der Waals surface area contributed by atoms with Crippen molar-refractivity contribution in [3.05, 3.63) is 40.8 Å². The first-order valence-electron chi connectivity index (χ1n) is 5.98. The summed E-state index contributed by atoms with van der Waals surface area (Å²) in [5.41, 5.74) is 1.64. The van der Waals surface area contributed by atoms with Gasteiger partial charge in [-0.2, -0.15) is 22.0 Å². The molecular formula is C13H13ClN4O2S. The molecule has 2 aromatic rings. The molecule has 0 spiro atoms. The molecule has 0 bridgehead atoms. The molecule has 1 heterocycles. The second-order valence-corrected chi connectivity index (χ2v) is 6.91. The van der Waals surface area contributed by atoms with Crippen LogP contribution in [-0.2, 0) is 10.2 Å². The quantitative estimate of drug-likeness (QED) is 0.865. The van der Waals surface area contributed by atoms with Gasteiger partial charge in [0.15, 0.2) is 5.15 Å². The molecule has 0 saturated carbocycles. The molecule has 0 N–H and O–H groups in total. The Labute approximate surface area is 128 Å². The lowest BCUT2D eigenvalue weighted by Gasteiger charge is -2.16. The van der Waals surface area contributed by atoms with E-state index < -0.39 is 10.2 Å².